The van der Waals surface area contributed by atoms with E-state index in [4.69, 9.17) is 0 Å². The predicted octanol–water partition coefficient (Wildman–Crippen LogP) is 2.48. The van der Waals surface area contributed by atoms with Crippen molar-refractivity contribution in [1.82, 2.24) is 19.2 Å². The highest BCUT2D eigenvalue weighted by molar-refractivity contribution is 5.76. The van der Waals surface area contributed by atoms with Crippen molar-refractivity contribution < 1.29 is 9.59 Å². The summed E-state index contributed by atoms with van der Waals surface area (Å²) in [6.45, 7) is 5.85. The van der Waals surface area contributed by atoms with Gasteiger partial charge in [-0.25, -0.2) is 4.98 Å². The lowest BCUT2D eigenvalue weighted by molar-refractivity contribution is -0.130. The van der Waals surface area contributed by atoms with Crippen LogP contribution in [0.15, 0.2) is 48.8 Å². The number of nitrogens with zero attached hydrogens (tertiary/aromatic N) is 4. The van der Waals surface area contributed by atoms with E-state index in [0.29, 0.717) is 5.56 Å². The van der Waals surface area contributed by atoms with Crippen LogP contribution in [0.25, 0.3) is 16.9 Å². The summed E-state index contributed by atoms with van der Waals surface area (Å²) in [6.07, 6.45) is 4.51. The van der Waals surface area contributed by atoms with Gasteiger partial charge in [-0.15, -0.1) is 0 Å². The third-order valence-corrected chi connectivity index (χ3v) is 5.11. The molecule has 1 aromatic carbocycles. The molecule has 1 amide bonds. The van der Waals surface area contributed by atoms with E-state index < -0.39 is 0 Å². The lowest BCUT2D eigenvalue weighted by atomic mass is 10.1. The number of piperazine rings is 1. The summed E-state index contributed by atoms with van der Waals surface area (Å²) in [5, 5.41) is 0. The molecule has 3 heterocycles. The molecule has 0 bridgehead atoms. The highest BCUT2D eigenvalue weighted by Crippen LogP contribution is 2.23. The summed E-state index contributed by atoms with van der Waals surface area (Å²) in [5.41, 5.74) is 4.72. The van der Waals surface area contributed by atoms with Gasteiger partial charge in [0.1, 0.15) is 5.65 Å². The van der Waals surface area contributed by atoms with E-state index in [1.165, 1.54) is 5.56 Å². The monoisotopic (exact) mass is 362 g/mol. The second-order valence-corrected chi connectivity index (χ2v) is 6.93. The third kappa shape index (κ3) is 3.61. The molecule has 138 valence electrons. The van der Waals surface area contributed by atoms with Gasteiger partial charge in [-0.05, 0) is 23.8 Å². The van der Waals surface area contributed by atoms with Crippen molar-refractivity contribution in [3.05, 3.63) is 59.9 Å². The molecule has 6 heteroatoms. The second kappa shape index (κ2) is 7.32. The average molecular weight is 362 g/mol. The molecular weight excluding hydrogens is 340 g/mol. The maximum absolute atomic E-state index is 11.5. The minimum Gasteiger partial charge on any atom is -0.340 e. The van der Waals surface area contributed by atoms with Gasteiger partial charge in [0, 0.05) is 57.0 Å². The Morgan fingerprint density at radius 3 is 2.70 bits per heavy atom. The fourth-order valence-electron chi connectivity index (χ4n) is 3.59. The van der Waals surface area contributed by atoms with Gasteiger partial charge in [0.05, 0.1) is 11.9 Å². The van der Waals surface area contributed by atoms with Gasteiger partial charge in [0.2, 0.25) is 5.91 Å². The van der Waals surface area contributed by atoms with E-state index >= 15 is 0 Å². The molecule has 2 aromatic heterocycles. The number of fused-ring (bicyclic) bond motifs is 1. The van der Waals surface area contributed by atoms with Gasteiger partial charge in [0.15, 0.2) is 6.29 Å². The Hall–Kier alpha value is -2.99. The molecule has 1 saturated heterocycles. The Bertz CT molecular complexity index is 987. The van der Waals surface area contributed by atoms with Crippen LogP contribution in [-0.4, -0.2) is 57.6 Å². The smallest absolute Gasteiger partial charge is 0.219 e. The van der Waals surface area contributed by atoms with Crippen molar-refractivity contribution in [2.24, 2.45) is 0 Å². The number of aldehydes is 1. The number of imidazole rings is 1. The van der Waals surface area contributed by atoms with Gasteiger partial charge in [-0.1, -0.05) is 18.2 Å². The standard InChI is InChI=1S/C21H22N4O2/c1-16(27)24-9-7-23(8-10-24)13-17-3-2-4-19(11-17)20-12-22-21-6-5-18(15-26)14-25(20)21/h2-6,11-12,14-15H,7-10,13H2,1H3. The topological polar surface area (TPSA) is 57.9 Å². The lowest BCUT2D eigenvalue weighted by Crippen LogP contribution is -2.47. The maximum atomic E-state index is 11.5. The summed E-state index contributed by atoms with van der Waals surface area (Å²) < 4.78 is 1.95. The number of aromatic nitrogens is 2. The Balaban J connectivity index is 1.55. The molecule has 0 N–H and O–H groups in total. The number of hydrogen-bond donors (Lipinski definition) is 0. The fraction of sp³-hybridized carbons (Fsp3) is 0.286. The summed E-state index contributed by atoms with van der Waals surface area (Å²) in [7, 11) is 0. The van der Waals surface area contributed by atoms with Crippen molar-refractivity contribution in [2.75, 3.05) is 26.2 Å². The van der Waals surface area contributed by atoms with Crippen LogP contribution in [0.1, 0.15) is 22.8 Å². The molecular formula is C21H22N4O2. The molecule has 1 aliphatic heterocycles. The van der Waals surface area contributed by atoms with Crippen LogP contribution in [0.4, 0.5) is 0 Å². The van der Waals surface area contributed by atoms with Crippen molar-refractivity contribution in [1.29, 1.82) is 0 Å². The largest absolute Gasteiger partial charge is 0.340 e. The van der Waals surface area contributed by atoms with Crippen LogP contribution in [0.2, 0.25) is 0 Å². The van der Waals surface area contributed by atoms with E-state index in [2.05, 4.69) is 34.1 Å². The van der Waals surface area contributed by atoms with E-state index in [1.54, 1.807) is 13.0 Å². The minimum absolute atomic E-state index is 0.152. The van der Waals surface area contributed by atoms with Crippen LogP contribution in [0, 0.1) is 0 Å². The molecule has 0 saturated carbocycles. The van der Waals surface area contributed by atoms with Crippen molar-refractivity contribution in [2.45, 2.75) is 13.5 Å². The van der Waals surface area contributed by atoms with E-state index in [9.17, 15) is 9.59 Å². The van der Waals surface area contributed by atoms with Gasteiger partial charge in [0.25, 0.3) is 0 Å². The molecule has 6 nitrogen and oxygen atoms in total. The first-order valence-corrected chi connectivity index (χ1v) is 9.13. The average Bonchev–Trinajstić information content (AvgIpc) is 3.11. The molecule has 0 radical (unpaired) electrons. The third-order valence-electron chi connectivity index (χ3n) is 5.11. The number of amides is 1. The SMILES string of the molecule is CC(=O)N1CCN(Cc2cccc(-c3cnc4ccc(C=O)cn34)c2)CC1. The number of rotatable bonds is 4. The first kappa shape index (κ1) is 17.4. The first-order valence-electron chi connectivity index (χ1n) is 9.13. The zero-order valence-electron chi connectivity index (χ0n) is 15.3. The minimum atomic E-state index is 0.152. The predicted molar refractivity (Wildman–Crippen MR) is 104 cm³/mol. The molecule has 1 aliphatic rings. The number of carbonyl (C=O) groups is 2. The highest BCUT2D eigenvalue weighted by atomic mass is 16.2. The molecule has 0 spiro atoms. The van der Waals surface area contributed by atoms with Crippen LogP contribution in [0.3, 0.4) is 0 Å². The normalized spacial score (nSPS) is 15.2. The van der Waals surface area contributed by atoms with Crippen LogP contribution in [0.5, 0.6) is 0 Å². The van der Waals surface area contributed by atoms with Crippen LogP contribution in [-0.2, 0) is 11.3 Å². The summed E-state index contributed by atoms with van der Waals surface area (Å²) in [5.74, 6) is 0.152. The van der Waals surface area contributed by atoms with E-state index in [1.807, 2.05) is 27.8 Å². The molecule has 0 aliphatic carbocycles. The molecule has 0 unspecified atom stereocenters. The number of benzene rings is 1. The lowest BCUT2D eigenvalue weighted by Gasteiger charge is -2.34. The van der Waals surface area contributed by atoms with Crippen molar-refractivity contribution in [3.8, 4) is 11.3 Å². The summed E-state index contributed by atoms with van der Waals surface area (Å²) >= 11 is 0. The van der Waals surface area contributed by atoms with Crippen molar-refractivity contribution >= 4 is 17.8 Å². The van der Waals surface area contributed by atoms with Crippen molar-refractivity contribution in [3.63, 3.8) is 0 Å². The molecule has 4 rings (SSSR count). The zero-order chi connectivity index (χ0) is 18.8. The summed E-state index contributed by atoms with van der Waals surface area (Å²) in [6, 6.07) is 12.0. The Morgan fingerprint density at radius 2 is 1.96 bits per heavy atom. The maximum Gasteiger partial charge on any atom is 0.219 e. The quantitative estimate of drug-likeness (QED) is 0.669. The number of pyridine rings is 1. The number of carbonyl (C=O) groups excluding carboxylic acids is 2. The highest BCUT2D eigenvalue weighted by Gasteiger charge is 2.18. The van der Waals surface area contributed by atoms with Crippen LogP contribution < -0.4 is 0 Å². The Morgan fingerprint density at radius 1 is 1.15 bits per heavy atom. The Labute approximate surface area is 158 Å². The van der Waals surface area contributed by atoms with E-state index in [-0.39, 0.29) is 5.91 Å². The van der Waals surface area contributed by atoms with Gasteiger partial charge >= 0.3 is 0 Å². The second-order valence-electron chi connectivity index (χ2n) is 6.93. The van der Waals surface area contributed by atoms with E-state index in [0.717, 1.165) is 55.9 Å². The zero-order valence-corrected chi connectivity index (χ0v) is 15.3. The summed E-state index contributed by atoms with van der Waals surface area (Å²) in [4.78, 5) is 31.3. The molecule has 1 fully saturated rings. The first-order chi connectivity index (χ1) is 13.1. The molecule has 3 aromatic rings. The molecule has 27 heavy (non-hydrogen) atoms. The van der Waals surface area contributed by atoms with Gasteiger partial charge in [-0.2, -0.15) is 0 Å². The fourth-order valence-corrected chi connectivity index (χ4v) is 3.59. The Kier molecular flexibility index (Phi) is 4.73. The van der Waals surface area contributed by atoms with Gasteiger partial charge < -0.3 is 4.90 Å². The molecule has 0 atom stereocenters. The van der Waals surface area contributed by atoms with Gasteiger partial charge in [-0.3, -0.25) is 18.9 Å². The number of hydrogen-bond acceptors (Lipinski definition) is 4. The van der Waals surface area contributed by atoms with Crippen LogP contribution >= 0.6 is 0 Å².